The quantitative estimate of drug-likeness (QED) is 0.153. The van der Waals surface area contributed by atoms with Gasteiger partial charge in [-0.2, -0.15) is 0 Å². The average Bonchev–Trinajstić information content (AvgIpc) is 4.02. The third-order valence-electron chi connectivity index (χ3n) is 8.90. The predicted molar refractivity (Wildman–Crippen MR) is 215 cm³/mol. The largest absolute Gasteiger partial charge is 0.438 e. The van der Waals surface area contributed by atoms with Gasteiger partial charge in [-0.05, 0) is 87.9 Å². The van der Waals surface area contributed by atoms with Gasteiger partial charge in [-0.3, -0.25) is 13.7 Å². The molecule has 0 saturated heterocycles. The van der Waals surface area contributed by atoms with Crippen molar-refractivity contribution >= 4 is 87.2 Å². The summed E-state index contributed by atoms with van der Waals surface area (Å²) in [5, 5.41) is 10.6. The Balaban J connectivity index is 0.0000000923. The molecule has 0 saturated carbocycles. The second-order valence-corrected chi connectivity index (χ2v) is 15.7. The Morgan fingerprint density at radius 2 is 1.44 bits per heavy atom. The Hall–Kier alpha value is -5.56. The van der Waals surface area contributed by atoms with Crippen LogP contribution in [0.25, 0.3) is 47.0 Å². The van der Waals surface area contributed by atoms with Crippen molar-refractivity contribution in [1.82, 2.24) is 28.4 Å². The van der Waals surface area contributed by atoms with E-state index in [9.17, 15) is 0 Å². The van der Waals surface area contributed by atoms with Crippen molar-refractivity contribution in [2.45, 2.75) is 33.1 Å². The number of fused-ring (bicyclic) bond motifs is 12. The van der Waals surface area contributed by atoms with Crippen LogP contribution in [0, 0.1) is 20.8 Å². The van der Waals surface area contributed by atoms with E-state index in [1.54, 1.807) is 29.4 Å². The van der Waals surface area contributed by atoms with E-state index in [1.165, 1.54) is 36.5 Å². The molecule has 12 rings (SSSR count). The molecule has 0 spiro atoms. The molecule has 12 heteroatoms. The van der Waals surface area contributed by atoms with Gasteiger partial charge in [0.05, 0.1) is 37.0 Å². The number of hydrogen-bond donors (Lipinski definition) is 0. The van der Waals surface area contributed by atoms with Gasteiger partial charge < -0.3 is 13.6 Å². The Morgan fingerprint density at radius 1 is 0.731 bits per heavy atom. The summed E-state index contributed by atoms with van der Waals surface area (Å²) in [7, 11) is 0. The van der Waals surface area contributed by atoms with Gasteiger partial charge in [-0.1, -0.05) is 59.9 Å². The summed E-state index contributed by atoms with van der Waals surface area (Å²) in [6.45, 7) is 8.23. The van der Waals surface area contributed by atoms with Crippen LogP contribution >= 0.6 is 34.4 Å². The summed E-state index contributed by atoms with van der Waals surface area (Å²) >= 11 is 5.31. The van der Waals surface area contributed by atoms with Gasteiger partial charge in [-0.25, -0.2) is 4.98 Å². The second-order valence-electron chi connectivity index (χ2n) is 12.4. The summed E-state index contributed by atoms with van der Waals surface area (Å²) in [6.07, 6.45) is 3.98. The summed E-state index contributed by atoms with van der Waals surface area (Å²) < 4.78 is 20.2. The highest BCUT2D eigenvalue weighted by Crippen LogP contribution is 2.46. The fraction of sp³-hybridized carbons (Fsp3) is 0.125. The van der Waals surface area contributed by atoms with Gasteiger partial charge in [0.2, 0.25) is 16.6 Å². The molecule has 10 aromatic rings. The number of benzene rings is 4. The molecule has 1 unspecified atom stereocenters. The average molecular weight is 740 g/mol. The summed E-state index contributed by atoms with van der Waals surface area (Å²) in [4.78, 5) is 8.70. The highest BCUT2D eigenvalue weighted by molar-refractivity contribution is 8.03. The van der Waals surface area contributed by atoms with E-state index >= 15 is 0 Å². The minimum atomic E-state index is 0.457. The maximum Gasteiger partial charge on any atom is 0.227 e. The molecule has 52 heavy (non-hydrogen) atoms. The summed E-state index contributed by atoms with van der Waals surface area (Å²) in [6, 6.07) is 35.1. The molecular weight excluding hydrogens is 707 g/mol. The Morgan fingerprint density at radius 3 is 2.29 bits per heavy atom. The van der Waals surface area contributed by atoms with Crippen LogP contribution in [0.1, 0.15) is 24.0 Å². The number of aryl methyl sites for hydroxylation is 3. The number of oxazole rings is 1. The third kappa shape index (κ3) is 5.69. The van der Waals surface area contributed by atoms with Gasteiger partial charge in [0, 0.05) is 11.6 Å². The van der Waals surface area contributed by atoms with E-state index in [0.717, 1.165) is 44.9 Å². The maximum atomic E-state index is 5.67. The number of imidazole rings is 1. The van der Waals surface area contributed by atoms with E-state index in [2.05, 4.69) is 103 Å². The molecule has 258 valence electrons. The van der Waals surface area contributed by atoms with Gasteiger partial charge in [0.25, 0.3) is 0 Å². The van der Waals surface area contributed by atoms with Gasteiger partial charge >= 0.3 is 0 Å². The molecule has 4 aromatic carbocycles. The molecule has 9 nitrogen and oxygen atoms in total. The lowest BCUT2D eigenvalue weighted by molar-refractivity contribution is 0.442. The molecule has 2 aliphatic rings. The Labute approximate surface area is 311 Å². The normalized spacial score (nSPS) is 14.5. The van der Waals surface area contributed by atoms with Crippen molar-refractivity contribution in [1.29, 1.82) is 0 Å². The van der Waals surface area contributed by atoms with Crippen LogP contribution in [0.5, 0.6) is 5.75 Å². The van der Waals surface area contributed by atoms with E-state index < -0.39 is 0 Å². The van der Waals surface area contributed by atoms with Crippen LogP contribution in [0.4, 0.5) is 5.69 Å². The van der Waals surface area contributed by atoms with Crippen LogP contribution < -0.4 is 9.64 Å². The van der Waals surface area contributed by atoms with Crippen molar-refractivity contribution in [2.24, 2.45) is 0 Å². The molecule has 8 heterocycles. The molecule has 0 radical (unpaired) electrons. The van der Waals surface area contributed by atoms with E-state index in [0.29, 0.717) is 5.37 Å². The number of para-hydroxylation sites is 6. The van der Waals surface area contributed by atoms with Crippen LogP contribution in [0.15, 0.2) is 131 Å². The molecule has 0 bridgehead atoms. The van der Waals surface area contributed by atoms with Crippen molar-refractivity contribution < 1.29 is 9.15 Å². The molecule has 0 N–H and O–H groups in total. The minimum Gasteiger partial charge on any atom is -0.438 e. The van der Waals surface area contributed by atoms with E-state index in [1.807, 2.05) is 84.2 Å². The molecule has 2 aliphatic heterocycles. The lowest BCUT2D eigenvalue weighted by atomic mass is 10.3. The van der Waals surface area contributed by atoms with Crippen molar-refractivity contribution in [3.05, 3.63) is 144 Å². The SMILES string of the molecule is CC1SC=C2Oc3ccccc3N21.Cc1cc2sc3ccccc3n2c1.Cc1ncn2c1oc1ccccc12.Cc1nnc2sc3ccccc3n12. The van der Waals surface area contributed by atoms with E-state index in [-0.39, 0.29) is 0 Å². The first-order chi connectivity index (χ1) is 25.4. The van der Waals surface area contributed by atoms with E-state index in [4.69, 9.17) is 9.15 Å². The number of thioether (sulfide) groups is 1. The van der Waals surface area contributed by atoms with Crippen LogP contribution in [0.2, 0.25) is 0 Å². The first-order valence-electron chi connectivity index (χ1n) is 16.8. The number of ether oxygens (including phenoxy) is 1. The summed E-state index contributed by atoms with van der Waals surface area (Å²) in [5.41, 5.74) is 8.77. The van der Waals surface area contributed by atoms with Crippen molar-refractivity contribution in [2.75, 3.05) is 4.90 Å². The first kappa shape index (κ1) is 32.4. The molecule has 1 atom stereocenters. The van der Waals surface area contributed by atoms with Crippen LogP contribution in [0.3, 0.4) is 0 Å². The molecular formula is C40H33N7O2S3. The number of nitrogens with zero attached hydrogens (tertiary/aromatic N) is 7. The van der Waals surface area contributed by atoms with Gasteiger partial charge in [-0.15, -0.1) is 33.3 Å². The lowest BCUT2D eigenvalue weighted by Crippen LogP contribution is -2.22. The molecule has 0 aliphatic carbocycles. The highest BCUT2D eigenvalue weighted by atomic mass is 32.2. The fourth-order valence-electron chi connectivity index (χ4n) is 6.47. The Kier molecular flexibility index (Phi) is 8.22. The Bertz CT molecular complexity index is 2890. The highest BCUT2D eigenvalue weighted by Gasteiger charge is 2.33. The molecule has 6 aromatic heterocycles. The maximum absolute atomic E-state index is 5.67. The minimum absolute atomic E-state index is 0.457. The number of aromatic nitrogens is 6. The fourth-order valence-corrected chi connectivity index (χ4v) is 9.43. The van der Waals surface area contributed by atoms with Crippen LogP contribution in [-0.2, 0) is 0 Å². The number of thiazole rings is 2. The van der Waals surface area contributed by atoms with Crippen LogP contribution in [-0.4, -0.2) is 33.8 Å². The monoisotopic (exact) mass is 739 g/mol. The van der Waals surface area contributed by atoms with Crippen molar-refractivity contribution in [3.8, 4) is 5.75 Å². The lowest BCUT2D eigenvalue weighted by Gasteiger charge is -2.17. The molecule has 0 fully saturated rings. The number of anilines is 1. The van der Waals surface area contributed by atoms with Crippen molar-refractivity contribution in [3.63, 3.8) is 0 Å². The number of hydrogen-bond acceptors (Lipinski definition) is 9. The first-order valence-corrected chi connectivity index (χ1v) is 19.4. The van der Waals surface area contributed by atoms with Gasteiger partial charge in [0.1, 0.15) is 22.7 Å². The predicted octanol–water partition coefficient (Wildman–Crippen LogP) is 10.9. The standard InChI is InChI=1S/C11H9NS.C10H8N2O.C10H9NOS.C9H7N3S/c1-8-6-11-12(7-8)9-4-2-3-5-10(9)13-11;1-7-10-12(6-11-7)8-4-2-3-5-9(8)13-10;1-7-11-8-4-2-3-5-9(8)12-10(11)6-13-7;1-6-10-11-9-12(6)7-4-2-3-5-8(7)13-9/h2-7H,1H3;2-6H,1H3;2-7H,1H3;2-5H,1H3. The number of rotatable bonds is 0. The zero-order valence-electron chi connectivity index (χ0n) is 28.8. The second kappa shape index (κ2) is 13.2. The summed E-state index contributed by atoms with van der Waals surface area (Å²) in [5.74, 6) is 2.90. The van der Waals surface area contributed by atoms with Gasteiger partial charge in [0.15, 0.2) is 11.3 Å². The smallest absolute Gasteiger partial charge is 0.227 e. The zero-order chi connectivity index (χ0) is 35.3. The molecule has 0 amide bonds. The topological polar surface area (TPSA) is 77.5 Å². The zero-order valence-corrected chi connectivity index (χ0v) is 31.2. The third-order valence-corrected chi connectivity index (χ3v) is 11.9.